The van der Waals surface area contributed by atoms with Crippen LogP contribution in [0.5, 0.6) is 0 Å². The zero-order valence-corrected chi connectivity index (χ0v) is 12.8. The Labute approximate surface area is 129 Å². The number of carbonyl (C=O) groups excluding carboxylic acids is 1. The highest BCUT2D eigenvalue weighted by atomic mass is 35.5. The molecule has 2 rings (SSSR count). The van der Waals surface area contributed by atoms with Crippen LogP contribution in [0.4, 0.5) is 4.39 Å². The summed E-state index contributed by atoms with van der Waals surface area (Å²) < 4.78 is 13.9. The summed E-state index contributed by atoms with van der Waals surface area (Å²) >= 11 is 6.12. The Morgan fingerprint density at radius 2 is 1.95 bits per heavy atom. The average Bonchev–Trinajstić information content (AvgIpc) is 2.46. The molecule has 0 N–H and O–H groups in total. The van der Waals surface area contributed by atoms with Crippen LogP contribution in [0.3, 0.4) is 0 Å². The lowest BCUT2D eigenvalue weighted by molar-refractivity contribution is 0.0748. The van der Waals surface area contributed by atoms with Gasteiger partial charge in [-0.15, -0.1) is 0 Å². The monoisotopic (exact) mass is 305 g/mol. The van der Waals surface area contributed by atoms with Crippen LogP contribution in [0.15, 0.2) is 42.5 Å². The molecule has 0 aliphatic carbocycles. The number of aryl methyl sites for hydroxylation is 1. The molecule has 1 amide bonds. The van der Waals surface area contributed by atoms with Gasteiger partial charge >= 0.3 is 0 Å². The quantitative estimate of drug-likeness (QED) is 0.817. The van der Waals surface area contributed by atoms with Crippen LogP contribution in [-0.2, 0) is 6.54 Å². The molecule has 0 radical (unpaired) electrons. The first kappa shape index (κ1) is 15.5. The topological polar surface area (TPSA) is 20.3 Å². The molecule has 0 aromatic heterocycles. The summed E-state index contributed by atoms with van der Waals surface area (Å²) in [6, 6.07) is 12.0. The van der Waals surface area contributed by atoms with Crippen molar-refractivity contribution in [3.8, 4) is 0 Å². The summed E-state index contributed by atoms with van der Waals surface area (Å²) in [5.41, 5.74) is 1.73. The van der Waals surface area contributed by atoms with Gasteiger partial charge in [-0.05, 0) is 43.2 Å². The van der Waals surface area contributed by atoms with Gasteiger partial charge in [-0.2, -0.15) is 0 Å². The van der Waals surface area contributed by atoms with E-state index in [0.717, 1.165) is 11.1 Å². The summed E-state index contributed by atoms with van der Waals surface area (Å²) in [4.78, 5) is 14.0. The van der Waals surface area contributed by atoms with Crippen LogP contribution in [0.25, 0.3) is 0 Å². The fourth-order valence-corrected chi connectivity index (χ4v) is 2.32. The molecule has 21 heavy (non-hydrogen) atoms. The Morgan fingerprint density at radius 1 is 1.24 bits per heavy atom. The van der Waals surface area contributed by atoms with Crippen molar-refractivity contribution in [3.05, 3.63) is 70.0 Å². The molecule has 0 heterocycles. The van der Waals surface area contributed by atoms with Gasteiger partial charge < -0.3 is 4.90 Å². The van der Waals surface area contributed by atoms with Gasteiger partial charge in [-0.3, -0.25) is 4.79 Å². The number of halogens is 2. The predicted molar refractivity (Wildman–Crippen MR) is 83.0 cm³/mol. The number of carbonyl (C=O) groups is 1. The number of hydrogen-bond donors (Lipinski definition) is 0. The number of amides is 1. The highest BCUT2D eigenvalue weighted by Crippen LogP contribution is 2.19. The van der Waals surface area contributed by atoms with E-state index in [1.807, 2.05) is 25.1 Å². The number of benzene rings is 2. The van der Waals surface area contributed by atoms with Crippen molar-refractivity contribution < 1.29 is 9.18 Å². The third-order valence-electron chi connectivity index (χ3n) is 3.34. The molecule has 2 nitrogen and oxygen atoms in total. The van der Waals surface area contributed by atoms with Crippen molar-refractivity contribution in [3.63, 3.8) is 0 Å². The maximum absolute atomic E-state index is 13.9. The molecular formula is C17H17ClFNO. The zero-order valence-electron chi connectivity index (χ0n) is 12.1. The van der Waals surface area contributed by atoms with Crippen molar-refractivity contribution in [2.75, 3.05) is 6.54 Å². The highest BCUT2D eigenvalue weighted by Gasteiger charge is 2.19. The van der Waals surface area contributed by atoms with Gasteiger partial charge in [0, 0.05) is 18.1 Å². The Kier molecular flexibility index (Phi) is 4.97. The number of hydrogen-bond acceptors (Lipinski definition) is 1. The molecular weight excluding hydrogens is 289 g/mol. The first-order valence-corrected chi connectivity index (χ1v) is 7.19. The summed E-state index contributed by atoms with van der Waals surface area (Å²) in [6.07, 6.45) is 0. The van der Waals surface area contributed by atoms with E-state index in [2.05, 4.69) is 0 Å². The van der Waals surface area contributed by atoms with Gasteiger partial charge in [0.1, 0.15) is 5.82 Å². The van der Waals surface area contributed by atoms with E-state index >= 15 is 0 Å². The fourth-order valence-electron chi connectivity index (χ4n) is 2.12. The van der Waals surface area contributed by atoms with Crippen LogP contribution >= 0.6 is 11.6 Å². The Bertz CT molecular complexity index is 657. The Balaban J connectivity index is 2.25. The maximum Gasteiger partial charge on any atom is 0.257 e. The second-order valence-electron chi connectivity index (χ2n) is 4.89. The second-order valence-corrected chi connectivity index (χ2v) is 5.30. The lowest BCUT2D eigenvalue weighted by Crippen LogP contribution is -2.31. The van der Waals surface area contributed by atoms with Crippen molar-refractivity contribution in [1.29, 1.82) is 0 Å². The van der Waals surface area contributed by atoms with Crippen LogP contribution < -0.4 is 0 Å². The largest absolute Gasteiger partial charge is 0.334 e. The van der Waals surface area contributed by atoms with E-state index in [-0.39, 0.29) is 11.5 Å². The van der Waals surface area contributed by atoms with Crippen LogP contribution in [0.2, 0.25) is 5.02 Å². The standard InChI is InChI=1S/C17H17ClFNO/c1-3-20(11-13-6-4-5-7-15(13)18)17(21)14-9-8-12(2)10-16(14)19/h4-10H,3,11H2,1-2H3. The van der Waals surface area contributed by atoms with Crippen molar-refractivity contribution in [1.82, 2.24) is 4.90 Å². The van der Waals surface area contributed by atoms with Gasteiger partial charge in [0.05, 0.1) is 5.56 Å². The van der Waals surface area contributed by atoms with E-state index in [0.29, 0.717) is 18.1 Å². The van der Waals surface area contributed by atoms with Crippen LogP contribution in [-0.4, -0.2) is 17.4 Å². The third-order valence-corrected chi connectivity index (χ3v) is 3.71. The molecule has 0 saturated carbocycles. The van der Waals surface area contributed by atoms with Gasteiger partial charge in [-0.25, -0.2) is 4.39 Å². The SMILES string of the molecule is CCN(Cc1ccccc1Cl)C(=O)c1ccc(C)cc1F. The summed E-state index contributed by atoms with van der Waals surface area (Å²) in [6.45, 7) is 4.50. The minimum atomic E-state index is -0.488. The molecule has 0 aliphatic heterocycles. The molecule has 0 bridgehead atoms. The molecule has 110 valence electrons. The van der Waals surface area contributed by atoms with Crippen molar-refractivity contribution in [2.45, 2.75) is 20.4 Å². The first-order valence-electron chi connectivity index (χ1n) is 6.81. The summed E-state index contributed by atoms with van der Waals surface area (Å²) in [7, 11) is 0. The van der Waals surface area contributed by atoms with E-state index in [9.17, 15) is 9.18 Å². The van der Waals surface area contributed by atoms with Gasteiger partial charge in [0.25, 0.3) is 5.91 Å². The molecule has 2 aromatic carbocycles. The molecule has 0 fully saturated rings. The van der Waals surface area contributed by atoms with Crippen LogP contribution in [0.1, 0.15) is 28.4 Å². The third kappa shape index (κ3) is 3.61. The van der Waals surface area contributed by atoms with Gasteiger partial charge in [0.15, 0.2) is 0 Å². The molecule has 0 atom stereocenters. The van der Waals surface area contributed by atoms with E-state index in [1.54, 1.807) is 24.0 Å². The molecule has 0 saturated heterocycles. The number of nitrogens with zero attached hydrogens (tertiary/aromatic N) is 1. The maximum atomic E-state index is 13.9. The van der Waals surface area contributed by atoms with Crippen molar-refractivity contribution in [2.24, 2.45) is 0 Å². The van der Waals surface area contributed by atoms with Crippen molar-refractivity contribution >= 4 is 17.5 Å². The van der Waals surface area contributed by atoms with E-state index < -0.39 is 5.82 Å². The van der Waals surface area contributed by atoms with Gasteiger partial charge in [-0.1, -0.05) is 35.9 Å². The number of rotatable bonds is 4. The minimum Gasteiger partial charge on any atom is -0.334 e. The molecule has 2 aromatic rings. The second kappa shape index (κ2) is 6.72. The normalized spacial score (nSPS) is 10.5. The Hall–Kier alpha value is -1.87. The summed E-state index contributed by atoms with van der Waals surface area (Å²) in [5.74, 6) is -0.812. The van der Waals surface area contributed by atoms with Crippen LogP contribution in [0, 0.1) is 12.7 Å². The predicted octanol–water partition coefficient (Wildman–Crippen LogP) is 4.45. The van der Waals surface area contributed by atoms with Gasteiger partial charge in [0.2, 0.25) is 0 Å². The first-order chi connectivity index (χ1) is 10.0. The minimum absolute atomic E-state index is 0.0921. The van der Waals surface area contributed by atoms with E-state index in [4.69, 9.17) is 11.6 Å². The molecule has 0 aliphatic rings. The molecule has 0 spiro atoms. The molecule has 4 heteroatoms. The van der Waals surface area contributed by atoms with E-state index in [1.165, 1.54) is 12.1 Å². The lowest BCUT2D eigenvalue weighted by atomic mass is 10.1. The smallest absolute Gasteiger partial charge is 0.257 e. The lowest BCUT2D eigenvalue weighted by Gasteiger charge is -2.22. The fraction of sp³-hybridized carbons (Fsp3) is 0.235. The Morgan fingerprint density at radius 3 is 2.57 bits per heavy atom. The molecule has 0 unspecified atom stereocenters. The summed E-state index contributed by atoms with van der Waals surface area (Å²) in [5, 5.41) is 0.605. The zero-order chi connectivity index (χ0) is 15.4. The average molecular weight is 306 g/mol. The highest BCUT2D eigenvalue weighted by molar-refractivity contribution is 6.31.